The zero-order valence-electron chi connectivity index (χ0n) is 13.3. The largest absolute Gasteiger partial charge is 0.391 e. The predicted molar refractivity (Wildman–Crippen MR) is 89.0 cm³/mol. The van der Waals surface area contributed by atoms with Gasteiger partial charge in [0.25, 0.3) is 5.91 Å². The molecule has 2 rings (SSSR count). The van der Waals surface area contributed by atoms with Crippen molar-refractivity contribution in [3.8, 4) is 6.07 Å². The Balaban J connectivity index is 2.00. The number of rotatable bonds is 5. The van der Waals surface area contributed by atoms with Crippen LogP contribution in [0, 0.1) is 18.3 Å². The summed E-state index contributed by atoms with van der Waals surface area (Å²) in [5, 5.41) is 21.9. The summed E-state index contributed by atoms with van der Waals surface area (Å²) in [7, 11) is 0. The fourth-order valence-electron chi connectivity index (χ4n) is 2.40. The molecule has 2 unspecified atom stereocenters. The predicted octanol–water partition coefficient (Wildman–Crippen LogP) is 2.59. The number of carbonyl (C=O) groups is 1. The van der Waals surface area contributed by atoms with Crippen LogP contribution in [0.1, 0.15) is 34.0 Å². The van der Waals surface area contributed by atoms with E-state index < -0.39 is 6.10 Å². The Morgan fingerprint density at radius 1 is 1.26 bits per heavy atom. The number of aliphatic hydroxyl groups is 1. The van der Waals surface area contributed by atoms with Gasteiger partial charge in [-0.2, -0.15) is 5.26 Å². The maximum atomic E-state index is 12.3. The zero-order valence-corrected chi connectivity index (χ0v) is 13.3. The van der Waals surface area contributed by atoms with E-state index in [4.69, 9.17) is 5.26 Å². The molecule has 0 saturated carbocycles. The van der Waals surface area contributed by atoms with Crippen molar-refractivity contribution < 1.29 is 9.90 Å². The SMILES string of the molecule is Cc1cc(C#N)ccc1C(=O)NC(C)C(O)Cc1ccccc1. The lowest BCUT2D eigenvalue weighted by Crippen LogP contribution is -2.42. The number of benzene rings is 2. The number of amides is 1. The number of nitriles is 1. The Morgan fingerprint density at radius 3 is 2.57 bits per heavy atom. The second kappa shape index (κ2) is 7.57. The van der Waals surface area contributed by atoms with Crippen LogP contribution in [0.15, 0.2) is 48.5 Å². The molecule has 2 atom stereocenters. The third-order valence-corrected chi connectivity index (χ3v) is 3.82. The van der Waals surface area contributed by atoms with E-state index in [0.717, 1.165) is 11.1 Å². The van der Waals surface area contributed by atoms with Crippen LogP contribution in [0.3, 0.4) is 0 Å². The van der Waals surface area contributed by atoms with E-state index in [9.17, 15) is 9.90 Å². The average molecular weight is 308 g/mol. The van der Waals surface area contributed by atoms with E-state index in [2.05, 4.69) is 5.32 Å². The fourth-order valence-corrected chi connectivity index (χ4v) is 2.40. The average Bonchev–Trinajstić information content (AvgIpc) is 2.55. The molecule has 0 bridgehead atoms. The van der Waals surface area contributed by atoms with E-state index >= 15 is 0 Å². The molecule has 0 spiro atoms. The Hall–Kier alpha value is -2.64. The molecule has 0 radical (unpaired) electrons. The topological polar surface area (TPSA) is 73.1 Å². The van der Waals surface area contributed by atoms with Gasteiger partial charge in [-0.25, -0.2) is 0 Å². The molecule has 23 heavy (non-hydrogen) atoms. The first-order valence-electron chi connectivity index (χ1n) is 7.55. The van der Waals surface area contributed by atoms with Gasteiger partial charge in [-0.1, -0.05) is 30.3 Å². The zero-order chi connectivity index (χ0) is 16.8. The van der Waals surface area contributed by atoms with Gasteiger partial charge in [0.05, 0.1) is 23.8 Å². The highest BCUT2D eigenvalue weighted by Crippen LogP contribution is 2.12. The highest BCUT2D eigenvalue weighted by molar-refractivity contribution is 5.96. The van der Waals surface area contributed by atoms with E-state index in [1.807, 2.05) is 36.4 Å². The van der Waals surface area contributed by atoms with Gasteiger partial charge in [0.2, 0.25) is 0 Å². The second-order valence-corrected chi connectivity index (χ2v) is 5.66. The quantitative estimate of drug-likeness (QED) is 0.891. The monoisotopic (exact) mass is 308 g/mol. The van der Waals surface area contributed by atoms with Gasteiger partial charge in [0.15, 0.2) is 0 Å². The number of nitrogens with zero attached hydrogens (tertiary/aromatic N) is 1. The Kier molecular flexibility index (Phi) is 5.51. The number of nitrogens with one attached hydrogen (secondary N) is 1. The second-order valence-electron chi connectivity index (χ2n) is 5.66. The molecular weight excluding hydrogens is 288 g/mol. The smallest absolute Gasteiger partial charge is 0.251 e. The number of hydrogen-bond donors (Lipinski definition) is 2. The van der Waals surface area contributed by atoms with Gasteiger partial charge in [0, 0.05) is 12.0 Å². The summed E-state index contributed by atoms with van der Waals surface area (Å²) >= 11 is 0. The minimum Gasteiger partial charge on any atom is -0.391 e. The molecule has 0 saturated heterocycles. The number of hydrogen-bond acceptors (Lipinski definition) is 3. The minimum absolute atomic E-state index is 0.244. The van der Waals surface area contributed by atoms with Gasteiger partial charge < -0.3 is 10.4 Å². The van der Waals surface area contributed by atoms with Crippen molar-refractivity contribution in [3.05, 3.63) is 70.8 Å². The lowest BCUT2D eigenvalue weighted by atomic mass is 10.0. The van der Waals surface area contributed by atoms with Gasteiger partial charge in [-0.15, -0.1) is 0 Å². The van der Waals surface area contributed by atoms with Crippen LogP contribution < -0.4 is 5.32 Å². The van der Waals surface area contributed by atoms with E-state index in [1.165, 1.54) is 0 Å². The molecule has 0 fully saturated rings. The lowest BCUT2D eigenvalue weighted by molar-refractivity contribution is 0.0851. The maximum absolute atomic E-state index is 12.3. The van der Waals surface area contributed by atoms with E-state index in [-0.39, 0.29) is 11.9 Å². The van der Waals surface area contributed by atoms with Crippen LogP contribution in [0.25, 0.3) is 0 Å². The molecule has 0 aromatic heterocycles. The van der Waals surface area contributed by atoms with Crippen molar-refractivity contribution >= 4 is 5.91 Å². The van der Waals surface area contributed by atoms with Crippen molar-refractivity contribution in [2.75, 3.05) is 0 Å². The molecule has 2 aromatic carbocycles. The van der Waals surface area contributed by atoms with Crippen LogP contribution in [-0.4, -0.2) is 23.2 Å². The standard InChI is InChI=1S/C19H20N2O2/c1-13-10-16(12-20)8-9-17(13)19(23)21-14(2)18(22)11-15-6-4-3-5-7-15/h3-10,14,18,22H,11H2,1-2H3,(H,21,23). The summed E-state index contributed by atoms with van der Waals surface area (Å²) < 4.78 is 0. The molecule has 1 amide bonds. The van der Waals surface area contributed by atoms with Crippen LogP contribution in [0.4, 0.5) is 0 Å². The van der Waals surface area contributed by atoms with Crippen molar-refractivity contribution in [1.82, 2.24) is 5.32 Å². The molecule has 4 nitrogen and oxygen atoms in total. The highest BCUT2D eigenvalue weighted by Gasteiger charge is 2.19. The van der Waals surface area contributed by atoms with Crippen LogP contribution in [0.5, 0.6) is 0 Å². The van der Waals surface area contributed by atoms with Crippen molar-refractivity contribution in [1.29, 1.82) is 5.26 Å². The highest BCUT2D eigenvalue weighted by atomic mass is 16.3. The molecule has 0 aliphatic heterocycles. The first-order chi connectivity index (χ1) is 11.0. The van der Waals surface area contributed by atoms with Gasteiger partial charge in [-0.05, 0) is 43.2 Å². The van der Waals surface area contributed by atoms with Crippen molar-refractivity contribution in [3.63, 3.8) is 0 Å². The number of aliphatic hydroxyl groups excluding tert-OH is 1. The molecular formula is C19H20N2O2. The van der Waals surface area contributed by atoms with Gasteiger partial charge in [-0.3, -0.25) is 4.79 Å². The van der Waals surface area contributed by atoms with Crippen LogP contribution >= 0.6 is 0 Å². The summed E-state index contributed by atoms with van der Waals surface area (Å²) in [5.74, 6) is -0.244. The lowest BCUT2D eigenvalue weighted by Gasteiger charge is -2.21. The molecule has 2 N–H and O–H groups in total. The van der Waals surface area contributed by atoms with Crippen LogP contribution in [-0.2, 0) is 6.42 Å². The Morgan fingerprint density at radius 2 is 1.96 bits per heavy atom. The maximum Gasteiger partial charge on any atom is 0.251 e. The van der Waals surface area contributed by atoms with E-state index in [0.29, 0.717) is 17.5 Å². The summed E-state index contributed by atoms with van der Waals surface area (Å²) in [5.41, 5.74) is 2.81. The Bertz CT molecular complexity index is 720. The summed E-state index contributed by atoms with van der Waals surface area (Å²) in [6.07, 6.45) is -0.186. The molecule has 118 valence electrons. The Labute approximate surface area is 136 Å². The molecule has 0 heterocycles. The first-order valence-corrected chi connectivity index (χ1v) is 7.55. The minimum atomic E-state index is -0.667. The number of aryl methyl sites for hydroxylation is 1. The van der Waals surface area contributed by atoms with Gasteiger partial charge in [0.1, 0.15) is 0 Å². The van der Waals surface area contributed by atoms with Gasteiger partial charge >= 0.3 is 0 Å². The molecule has 2 aromatic rings. The summed E-state index contributed by atoms with van der Waals surface area (Å²) in [6, 6.07) is 16.3. The summed E-state index contributed by atoms with van der Waals surface area (Å²) in [6.45, 7) is 3.57. The molecule has 0 aliphatic carbocycles. The van der Waals surface area contributed by atoms with Crippen LogP contribution in [0.2, 0.25) is 0 Å². The third kappa shape index (κ3) is 4.41. The van der Waals surface area contributed by atoms with E-state index in [1.54, 1.807) is 32.0 Å². The molecule has 4 heteroatoms. The van der Waals surface area contributed by atoms with Crippen molar-refractivity contribution in [2.24, 2.45) is 0 Å². The number of carbonyl (C=O) groups excluding carboxylic acids is 1. The normalized spacial score (nSPS) is 13.0. The summed E-state index contributed by atoms with van der Waals surface area (Å²) in [4.78, 5) is 12.3. The molecule has 0 aliphatic rings. The van der Waals surface area contributed by atoms with Crippen molar-refractivity contribution in [2.45, 2.75) is 32.4 Å². The fraction of sp³-hybridized carbons (Fsp3) is 0.263. The third-order valence-electron chi connectivity index (χ3n) is 3.82. The first kappa shape index (κ1) is 16.7.